The zero-order chi connectivity index (χ0) is 17.2. The molecule has 0 bridgehead atoms. The summed E-state index contributed by atoms with van der Waals surface area (Å²) >= 11 is 1.64. The molecule has 2 aromatic heterocycles. The number of aryl methyl sites for hydroxylation is 1. The summed E-state index contributed by atoms with van der Waals surface area (Å²) in [7, 11) is -3.50. The molecule has 1 aliphatic heterocycles. The number of nitrogens with zero attached hydrogens (tertiary/aromatic N) is 2. The lowest BCUT2D eigenvalue weighted by Gasteiger charge is -2.33. The summed E-state index contributed by atoms with van der Waals surface area (Å²) in [5.41, 5.74) is 0. The Hall–Kier alpha value is -1.15. The summed E-state index contributed by atoms with van der Waals surface area (Å²) in [5.74, 6) is 1.26. The van der Waals surface area contributed by atoms with Crippen LogP contribution in [-0.2, 0) is 23.3 Å². The molecule has 3 heterocycles. The van der Waals surface area contributed by atoms with Gasteiger partial charge in [-0.2, -0.15) is 17.0 Å². The molecule has 0 spiro atoms. The summed E-state index contributed by atoms with van der Waals surface area (Å²) in [6, 6.07) is 7.64. The number of thiophene rings is 1. The van der Waals surface area contributed by atoms with Gasteiger partial charge in [-0.1, -0.05) is 6.92 Å². The first-order valence-electron chi connectivity index (χ1n) is 8.28. The Kier molecular flexibility index (Phi) is 5.44. The lowest BCUT2D eigenvalue weighted by Crippen LogP contribution is -2.46. The van der Waals surface area contributed by atoms with Crippen LogP contribution in [0, 0.1) is 12.8 Å². The molecule has 0 atom stereocenters. The van der Waals surface area contributed by atoms with Crippen LogP contribution in [0.2, 0.25) is 0 Å². The van der Waals surface area contributed by atoms with Crippen molar-refractivity contribution >= 4 is 21.5 Å². The molecule has 0 aliphatic carbocycles. The average Bonchev–Trinajstić information content (AvgIpc) is 3.19. The summed E-state index contributed by atoms with van der Waals surface area (Å²) < 4.78 is 34.8. The van der Waals surface area contributed by atoms with Crippen molar-refractivity contribution in [2.75, 3.05) is 13.1 Å². The van der Waals surface area contributed by atoms with Gasteiger partial charge in [-0.15, -0.1) is 11.3 Å². The zero-order valence-corrected chi connectivity index (χ0v) is 15.8. The normalized spacial score (nSPS) is 17.6. The quantitative estimate of drug-likeness (QED) is 0.782. The monoisotopic (exact) mass is 368 g/mol. The minimum absolute atomic E-state index is 0.262. The molecule has 5 nitrogen and oxygen atoms in total. The standard InChI is InChI=1S/C17H24N2O3S2/c1-14-7-9-18(10-8-14)24(20,21)19(12-16-4-3-11-22-16)13-17-6-5-15(2)23-17/h3-6,11,14H,7-10,12-13H2,1-2H3. The van der Waals surface area contributed by atoms with E-state index >= 15 is 0 Å². The van der Waals surface area contributed by atoms with Gasteiger partial charge in [0.15, 0.2) is 0 Å². The molecule has 2 aromatic rings. The molecule has 24 heavy (non-hydrogen) atoms. The van der Waals surface area contributed by atoms with E-state index in [2.05, 4.69) is 6.92 Å². The Bertz CT molecular complexity index is 745. The minimum Gasteiger partial charge on any atom is -0.468 e. The van der Waals surface area contributed by atoms with Crippen molar-refractivity contribution in [3.05, 3.63) is 46.0 Å². The first-order chi connectivity index (χ1) is 11.4. The van der Waals surface area contributed by atoms with Crippen LogP contribution in [0.25, 0.3) is 0 Å². The van der Waals surface area contributed by atoms with Crippen LogP contribution < -0.4 is 0 Å². The van der Waals surface area contributed by atoms with E-state index in [1.807, 2.05) is 25.1 Å². The Morgan fingerprint density at radius 3 is 2.58 bits per heavy atom. The van der Waals surface area contributed by atoms with Gasteiger partial charge < -0.3 is 4.42 Å². The van der Waals surface area contributed by atoms with Crippen molar-refractivity contribution in [3.63, 3.8) is 0 Å². The van der Waals surface area contributed by atoms with Crippen LogP contribution in [0.4, 0.5) is 0 Å². The van der Waals surface area contributed by atoms with E-state index in [-0.39, 0.29) is 6.54 Å². The molecule has 132 valence electrons. The highest BCUT2D eigenvalue weighted by Crippen LogP contribution is 2.25. The predicted octanol–water partition coefficient (Wildman–Crippen LogP) is 3.63. The van der Waals surface area contributed by atoms with E-state index in [4.69, 9.17) is 4.42 Å². The Morgan fingerprint density at radius 1 is 1.25 bits per heavy atom. The van der Waals surface area contributed by atoms with Gasteiger partial charge in [0, 0.05) is 29.4 Å². The molecule has 0 saturated carbocycles. The maximum atomic E-state index is 13.1. The van der Waals surface area contributed by atoms with Gasteiger partial charge in [0.1, 0.15) is 5.76 Å². The van der Waals surface area contributed by atoms with E-state index < -0.39 is 10.2 Å². The molecule has 0 aromatic carbocycles. The summed E-state index contributed by atoms with van der Waals surface area (Å²) in [6.45, 7) is 6.06. The van der Waals surface area contributed by atoms with Crippen molar-refractivity contribution in [2.45, 2.75) is 39.8 Å². The molecular formula is C17H24N2O3S2. The van der Waals surface area contributed by atoms with Crippen molar-refractivity contribution in [1.29, 1.82) is 0 Å². The van der Waals surface area contributed by atoms with E-state index in [0.29, 0.717) is 31.3 Å². The Labute approximate surface area is 148 Å². The molecule has 7 heteroatoms. The van der Waals surface area contributed by atoms with E-state index in [9.17, 15) is 8.42 Å². The molecule has 0 N–H and O–H groups in total. The molecule has 1 aliphatic rings. The molecule has 0 radical (unpaired) electrons. The van der Waals surface area contributed by atoms with Crippen LogP contribution >= 0.6 is 11.3 Å². The largest absolute Gasteiger partial charge is 0.468 e. The molecule has 1 fully saturated rings. The fourth-order valence-corrected chi connectivity index (χ4v) is 5.50. The number of hydrogen-bond donors (Lipinski definition) is 0. The highest BCUT2D eigenvalue weighted by atomic mass is 32.2. The lowest BCUT2D eigenvalue weighted by atomic mass is 10.0. The molecule has 0 amide bonds. The van der Waals surface area contributed by atoms with E-state index in [1.165, 1.54) is 9.18 Å². The summed E-state index contributed by atoms with van der Waals surface area (Å²) in [6.07, 6.45) is 3.43. The predicted molar refractivity (Wildman–Crippen MR) is 95.9 cm³/mol. The van der Waals surface area contributed by atoms with Crippen LogP contribution in [0.15, 0.2) is 34.9 Å². The second kappa shape index (κ2) is 7.39. The molecule has 3 rings (SSSR count). The highest BCUT2D eigenvalue weighted by molar-refractivity contribution is 7.86. The average molecular weight is 369 g/mol. The van der Waals surface area contributed by atoms with Gasteiger partial charge in [0.2, 0.25) is 0 Å². The fraction of sp³-hybridized carbons (Fsp3) is 0.529. The maximum absolute atomic E-state index is 13.1. The van der Waals surface area contributed by atoms with Gasteiger partial charge in [0.05, 0.1) is 12.8 Å². The number of rotatable bonds is 6. The maximum Gasteiger partial charge on any atom is 0.282 e. The lowest BCUT2D eigenvalue weighted by molar-refractivity contribution is 0.256. The third-order valence-corrected chi connectivity index (χ3v) is 7.35. The number of hydrogen-bond acceptors (Lipinski definition) is 4. The minimum atomic E-state index is -3.50. The van der Waals surface area contributed by atoms with Gasteiger partial charge in [-0.05, 0) is 49.9 Å². The number of furan rings is 1. The smallest absolute Gasteiger partial charge is 0.282 e. The molecular weight excluding hydrogens is 344 g/mol. The van der Waals surface area contributed by atoms with Gasteiger partial charge in [-0.3, -0.25) is 0 Å². The van der Waals surface area contributed by atoms with Gasteiger partial charge in [0.25, 0.3) is 10.2 Å². The topological polar surface area (TPSA) is 53.8 Å². The first kappa shape index (κ1) is 17.7. The van der Waals surface area contributed by atoms with Crippen molar-refractivity contribution in [2.24, 2.45) is 5.92 Å². The van der Waals surface area contributed by atoms with Gasteiger partial charge >= 0.3 is 0 Å². The second-order valence-corrected chi connectivity index (χ2v) is 9.75. The third kappa shape index (κ3) is 4.08. The Morgan fingerprint density at radius 2 is 2.00 bits per heavy atom. The zero-order valence-electron chi connectivity index (χ0n) is 14.1. The van der Waals surface area contributed by atoms with E-state index in [1.54, 1.807) is 28.0 Å². The fourth-order valence-electron chi connectivity index (χ4n) is 2.92. The number of piperidine rings is 1. The van der Waals surface area contributed by atoms with Gasteiger partial charge in [-0.25, -0.2) is 0 Å². The van der Waals surface area contributed by atoms with Crippen molar-refractivity contribution in [1.82, 2.24) is 8.61 Å². The third-order valence-electron chi connectivity index (χ3n) is 4.44. The summed E-state index contributed by atoms with van der Waals surface area (Å²) in [4.78, 5) is 2.24. The van der Waals surface area contributed by atoms with Crippen LogP contribution in [0.5, 0.6) is 0 Å². The van der Waals surface area contributed by atoms with Crippen LogP contribution in [0.1, 0.15) is 35.3 Å². The summed E-state index contributed by atoms with van der Waals surface area (Å²) in [5, 5.41) is 0. The van der Waals surface area contributed by atoms with Crippen molar-refractivity contribution < 1.29 is 12.8 Å². The van der Waals surface area contributed by atoms with Crippen LogP contribution in [0.3, 0.4) is 0 Å². The first-order valence-corrected chi connectivity index (χ1v) is 10.5. The Balaban J connectivity index is 1.82. The second-order valence-electron chi connectivity index (χ2n) is 6.45. The highest BCUT2D eigenvalue weighted by Gasteiger charge is 2.33. The molecule has 0 unspecified atom stereocenters. The van der Waals surface area contributed by atoms with Crippen molar-refractivity contribution in [3.8, 4) is 0 Å². The van der Waals surface area contributed by atoms with Crippen LogP contribution in [-0.4, -0.2) is 30.1 Å². The SMILES string of the molecule is Cc1ccc(CN(Cc2ccco2)S(=O)(=O)N2CCC(C)CC2)s1. The van der Waals surface area contributed by atoms with E-state index in [0.717, 1.165) is 17.7 Å². The molecule has 1 saturated heterocycles.